The van der Waals surface area contributed by atoms with Gasteiger partial charge in [0.1, 0.15) is 0 Å². The van der Waals surface area contributed by atoms with E-state index < -0.39 is 17.2 Å². The first kappa shape index (κ1) is 17.9. The molecule has 0 saturated heterocycles. The largest absolute Gasteiger partial charge is 0.417 e. The molecular weight excluding hydrogens is 327 g/mol. The number of amides is 1. The van der Waals surface area contributed by atoms with Crippen LogP contribution in [0.25, 0.3) is 0 Å². The summed E-state index contributed by atoms with van der Waals surface area (Å²) in [4.78, 5) is 11.0. The summed E-state index contributed by atoms with van der Waals surface area (Å²) in [6, 6.07) is 4.08. The number of carbonyl (C=O) groups is 1. The number of hydrogen-bond donors (Lipinski definition) is 1. The molecule has 1 aliphatic rings. The van der Waals surface area contributed by atoms with Gasteiger partial charge in [-0.2, -0.15) is 13.2 Å². The van der Waals surface area contributed by atoms with E-state index in [0.29, 0.717) is 18.5 Å². The number of carbonyl (C=O) groups excluding carboxylic acids is 1. The number of halogens is 4. The third-order valence-electron chi connectivity index (χ3n) is 4.24. The van der Waals surface area contributed by atoms with Gasteiger partial charge in [0.2, 0.25) is 5.91 Å². The van der Waals surface area contributed by atoms with Crippen LogP contribution in [0.5, 0.6) is 0 Å². The van der Waals surface area contributed by atoms with Crippen molar-refractivity contribution in [1.82, 2.24) is 5.32 Å². The second-order valence-electron chi connectivity index (χ2n) is 6.26. The van der Waals surface area contributed by atoms with Gasteiger partial charge in [-0.25, -0.2) is 0 Å². The fraction of sp³-hybridized carbons (Fsp3) is 0.471. The minimum absolute atomic E-state index is 0.105. The second kappa shape index (κ2) is 6.56. The molecule has 6 heteroatoms. The number of rotatable bonds is 3. The van der Waals surface area contributed by atoms with Crippen molar-refractivity contribution in [3.8, 4) is 0 Å². The van der Waals surface area contributed by atoms with Gasteiger partial charge in [-0.3, -0.25) is 4.79 Å². The van der Waals surface area contributed by atoms with Gasteiger partial charge < -0.3 is 5.32 Å². The van der Waals surface area contributed by atoms with Crippen molar-refractivity contribution in [2.24, 2.45) is 5.92 Å². The van der Waals surface area contributed by atoms with Crippen LogP contribution >= 0.6 is 11.6 Å². The minimum Gasteiger partial charge on any atom is -0.356 e. The van der Waals surface area contributed by atoms with E-state index in [0.717, 1.165) is 12.5 Å². The molecule has 0 saturated carbocycles. The van der Waals surface area contributed by atoms with Gasteiger partial charge in [0.05, 0.1) is 10.6 Å². The molecule has 0 bridgehead atoms. The highest BCUT2D eigenvalue weighted by atomic mass is 35.5. The Bertz CT molecular complexity index is 627. The zero-order chi connectivity index (χ0) is 17.3. The molecule has 0 aromatic heterocycles. The van der Waals surface area contributed by atoms with Crippen LogP contribution in [0, 0.1) is 5.92 Å². The van der Waals surface area contributed by atoms with E-state index in [1.54, 1.807) is 6.07 Å². The van der Waals surface area contributed by atoms with Crippen molar-refractivity contribution in [3.05, 3.63) is 46.5 Å². The average Bonchev–Trinajstić information content (AvgIpc) is 2.44. The van der Waals surface area contributed by atoms with E-state index in [2.05, 4.69) is 5.32 Å². The molecule has 1 amide bonds. The standard InChI is InChI=1S/C17H19ClF3NO/c1-11(23)22-10-12-4-3-7-16(2,9-12)13-5-6-15(18)14(8-13)17(19,20)21/h3,5-8,12H,4,9-10H2,1-2H3,(H,22,23). The lowest BCUT2D eigenvalue weighted by molar-refractivity contribution is -0.137. The Kier molecular flexibility index (Phi) is 5.09. The van der Waals surface area contributed by atoms with Crippen molar-refractivity contribution in [1.29, 1.82) is 0 Å². The number of benzene rings is 1. The lowest BCUT2D eigenvalue weighted by atomic mass is 9.71. The fourth-order valence-corrected chi connectivity index (χ4v) is 3.25. The Morgan fingerprint density at radius 3 is 2.74 bits per heavy atom. The predicted molar refractivity (Wildman–Crippen MR) is 84.4 cm³/mol. The maximum absolute atomic E-state index is 13.1. The average molecular weight is 346 g/mol. The van der Waals surface area contributed by atoms with E-state index >= 15 is 0 Å². The summed E-state index contributed by atoms with van der Waals surface area (Å²) >= 11 is 5.69. The van der Waals surface area contributed by atoms with Crippen LogP contribution in [0.4, 0.5) is 13.2 Å². The van der Waals surface area contributed by atoms with Crippen molar-refractivity contribution >= 4 is 17.5 Å². The second-order valence-corrected chi connectivity index (χ2v) is 6.66. The topological polar surface area (TPSA) is 29.1 Å². The van der Waals surface area contributed by atoms with Gasteiger partial charge in [0.15, 0.2) is 0 Å². The summed E-state index contributed by atoms with van der Waals surface area (Å²) in [6.07, 6.45) is 0.911. The zero-order valence-corrected chi connectivity index (χ0v) is 13.8. The van der Waals surface area contributed by atoms with Crippen molar-refractivity contribution in [3.63, 3.8) is 0 Å². The van der Waals surface area contributed by atoms with Crippen LogP contribution in [0.1, 0.15) is 37.8 Å². The normalized spacial score (nSPS) is 24.5. The molecule has 1 N–H and O–H groups in total. The maximum atomic E-state index is 13.1. The fourth-order valence-electron chi connectivity index (χ4n) is 3.03. The van der Waals surface area contributed by atoms with Crippen LogP contribution in [-0.2, 0) is 16.4 Å². The molecule has 1 aromatic carbocycles. The van der Waals surface area contributed by atoms with E-state index in [-0.39, 0.29) is 16.8 Å². The van der Waals surface area contributed by atoms with E-state index in [9.17, 15) is 18.0 Å². The van der Waals surface area contributed by atoms with Gasteiger partial charge >= 0.3 is 6.18 Å². The van der Waals surface area contributed by atoms with Crippen molar-refractivity contribution in [2.75, 3.05) is 6.54 Å². The van der Waals surface area contributed by atoms with Gasteiger partial charge in [-0.1, -0.05) is 36.7 Å². The molecule has 1 aliphatic carbocycles. The van der Waals surface area contributed by atoms with Gasteiger partial charge in [-0.05, 0) is 36.5 Å². The molecule has 0 heterocycles. The summed E-state index contributed by atoms with van der Waals surface area (Å²) in [7, 11) is 0. The number of alkyl halides is 3. The first-order valence-electron chi connectivity index (χ1n) is 7.41. The summed E-state index contributed by atoms with van der Waals surface area (Å²) < 4.78 is 39.2. The van der Waals surface area contributed by atoms with Crippen LogP contribution in [0.3, 0.4) is 0 Å². The Hall–Kier alpha value is -1.49. The minimum atomic E-state index is -4.47. The molecular formula is C17H19ClF3NO. The number of allylic oxidation sites excluding steroid dienone is 2. The highest BCUT2D eigenvalue weighted by Crippen LogP contribution is 2.41. The number of nitrogens with one attached hydrogen (secondary N) is 1. The Morgan fingerprint density at radius 1 is 1.43 bits per heavy atom. The van der Waals surface area contributed by atoms with Crippen molar-refractivity contribution < 1.29 is 18.0 Å². The Morgan fingerprint density at radius 2 is 2.13 bits per heavy atom. The molecule has 23 heavy (non-hydrogen) atoms. The summed E-state index contributed by atoms with van der Waals surface area (Å²) in [5.74, 6) is 0.0889. The molecule has 126 valence electrons. The molecule has 0 fully saturated rings. The molecule has 2 rings (SSSR count). The molecule has 2 unspecified atom stereocenters. The predicted octanol–water partition coefficient (Wildman–Crippen LogP) is 4.72. The van der Waals surface area contributed by atoms with Gasteiger partial charge in [0.25, 0.3) is 0 Å². The molecule has 0 spiro atoms. The first-order chi connectivity index (χ1) is 10.6. The van der Waals surface area contributed by atoms with E-state index in [1.807, 2.05) is 19.1 Å². The van der Waals surface area contributed by atoms with E-state index in [1.165, 1.54) is 13.0 Å². The molecule has 2 atom stereocenters. The van der Waals surface area contributed by atoms with Crippen LogP contribution in [0.15, 0.2) is 30.4 Å². The lowest BCUT2D eigenvalue weighted by Gasteiger charge is -2.35. The van der Waals surface area contributed by atoms with Gasteiger partial charge in [0, 0.05) is 18.9 Å². The van der Waals surface area contributed by atoms with Crippen LogP contribution < -0.4 is 5.32 Å². The first-order valence-corrected chi connectivity index (χ1v) is 7.79. The molecule has 2 nitrogen and oxygen atoms in total. The summed E-state index contributed by atoms with van der Waals surface area (Å²) in [5.41, 5.74) is -0.736. The Balaban J connectivity index is 2.28. The highest BCUT2D eigenvalue weighted by molar-refractivity contribution is 6.31. The zero-order valence-electron chi connectivity index (χ0n) is 13.0. The van der Waals surface area contributed by atoms with E-state index in [4.69, 9.17) is 11.6 Å². The van der Waals surface area contributed by atoms with Crippen molar-refractivity contribution in [2.45, 2.75) is 38.3 Å². The molecule has 0 aliphatic heterocycles. The quantitative estimate of drug-likeness (QED) is 0.789. The third-order valence-corrected chi connectivity index (χ3v) is 4.57. The van der Waals surface area contributed by atoms with Gasteiger partial charge in [-0.15, -0.1) is 0 Å². The monoisotopic (exact) mass is 345 g/mol. The summed E-state index contributed by atoms with van der Waals surface area (Å²) in [6.45, 7) is 3.88. The SMILES string of the molecule is CC(=O)NCC1CC=CC(C)(c2ccc(Cl)c(C(F)(F)F)c2)C1. The summed E-state index contributed by atoms with van der Waals surface area (Å²) in [5, 5.41) is 2.48. The Labute approximate surface area is 138 Å². The number of hydrogen-bond acceptors (Lipinski definition) is 1. The third kappa shape index (κ3) is 4.28. The van der Waals surface area contributed by atoms with Crippen LogP contribution in [-0.4, -0.2) is 12.5 Å². The smallest absolute Gasteiger partial charge is 0.356 e. The molecule has 1 aromatic rings. The van der Waals surface area contributed by atoms with Crippen LogP contribution in [0.2, 0.25) is 5.02 Å². The lowest BCUT2D eigenvalue weighted by Crippen LogP contribution is -2.34. The maximum Gasteiger partial charge on any atom is 0.417 e. The highest BCUT2D eigenvalue weighted by Gasteiger charge is 2.36. The molecule has 0 radical (unpaired) electrons.